The normalized spacial score (nSPS) is 24.6. The number of anilines is 1. The summed E-state index contributed by atoms with van der Waals surface area (Å²) in [4.78, 5) is 16.5. The number of carbonyl (C=O) groups excluding carboxylic acids is 1. The Morgan fingerprint density at radius 2 is 2.35 bits per heavy atom. The standard InChI is InChI=1S/C12H17N3OS/c16-11(9-2-1-5-13-6-9)15-12-14-10(7-17-12)8-3-4-8/h7-9,13H,1-6H2,(H,14,15,16)/t9-/m0/s1. The molecule has 1 aromatic heterocycles. The summed E-state index contributed by atoms with van der Waals surface area (Å²) in [6, 6.07) is 0. The van der Waals surface area contributed by atoms with Crippen LogP contribution in [0.4, 0.5) is 5.13 Å². The van der Waals surface area contributed by atoms with Crippen LogP contribution in [-0.4, -0.2) is 24.0 Å². The summed E-state index contributed by atoms with van der Waals surface area (Å²) in [5, 5.41) is 9.04. The average molecular weight is 251 g/mol. The van der Waals surface area contributed by atoms with Crippen LogP contribution >= 0.6 is 11.3 Å². The van der Waals surface area contributed by atoms with Gasteiger partial charge in [-0.1, -0.05) is 0 Å². The van der Waals surface area contributed by atoms with Crippen molar-refractivity contribution in [2.24, 2.45) is 5.92 Å². The highest BCUT2D eigenvalue weighted by Gasteiger charge is 2.27. The van der Waals surface area contributed by atoms with E-state index < -0.39 is 0 Å². The van der Waals surface area contributed by atoms with Gasteiger partial charge in [-0.05, 0) is 32.2 Å². The van der Waals surface area contributed by atoms with Crippen molar-refractivity contribution < 1.29 is 4.79 Å². The third-order valence-corrected chi connectivity index (χ3v) is 4.19. The molecule has 1 saturated heterocycles. The number of rotatable bonds is 3. The van der Waals surface area contributed by atoms with Gasteiger partial charge in [0.15, 0.2) is 5.13 Å². The van der Waals surface area contributed by atoms with Crippen LogP contribution in [0.2, 0.25) is 0 Å². The summed E-state index contributed by atoms with van der Waals surface area (Å²) in [6.07, 6.45) is 4.58. The first-order valence-corrected chi connectivity index (χ1v) is 7.18. The largest absolute Gasteiger partial charge is 0.316 e. The Morgan fingerprint density at radius 1 is 1.47 bits per heavy atom. The highest BCUT2D eigenvalue weighted by atomic mass is 32.1. The number of nitrogens with zero attached hydrogens (tertiary/aromatic N) is 1. The lowest BCUT2D eigenvalue weighted by Crippen LogP contribution is -2.37. The van der Waals surface area contributed by atoms with Crippen molar-refractivity contribution in [3.8, 4) is 0 Å². The molecule has 0 unspecified atom stereocenters. The van der Waals surface area contributed by atoms with Gasteiger partial charge in [0.05, 0.1) is 11.6 Å². The van der Waals surface area contributed by atoms with E-state index >= 15 is 0 Å². The minimum Gasteiger partial charge on any atom is -0.316 e. The number of hydrogen-bond acceptors (Lipinski definition) is 4. The van der Waals surface area contributed by atoms with Crippen LogP contribution in [-0.2, 0) is 4.79 Å². The molecule has 2 aliphatic rings. The van der Waals surface area contributed by atoms with E-state index in [1.807, 2.05) is 0 Å². The Morgan fingerprint density at radius 3 is 3.06 bits per heavy atom. The zero-order chi connectivity index (χ0) is 11.7. The molecule has 1 aliphatic carbocycles. The molecule has 4 nitrogen and oxygen atoms in total. The van der Waals surface area contributed by atoms with E-state index in [-0.39, 0.29) is 11.8 Å². The molecule has 1 aromatic rings. The first kappa shape index (κ1) is 11.2. The van der Waals surface area contributed by atoms with Gasteiger partial charge in [-0.15, -0.1) is 11.3 Å². The van der Waals surface area contributed by atoms with Crippen LogP contribution in [0.1, 0.15) is 37.3 Å². The van der Waals surface area contributed by atoms with Gasteiger partial charge in [-0.2, -0.15) is 0 Å². The second kappa shape index (κ2) is 4.74. The Hall–Kier alpha value is -0.940. The van der Waals surface area contributed by atoms with Gasteiger partial charge in [0.1, 0.15) is 0 Å². The number of hydrogen-bond donors (Lipinski definition) is 2. The van der Waals surface area contributed by atoms with Gasteiger partial charge in [0.2, 0.25) is 5.91 Å². The first-order valence-electron chi connectivity index (χ1n) is 6.30. The molecule has 3 rings (SSSR count). The molecular formula is C12H17N3OS. The van der Waals surface area contributed by atoms with Crippen molar-refractivity contribution in [1.82, 2.24) is 10.3 Å². The van der Waals surface area contributed by atoms with Gasteiger partial charge in [0, 0.05) is 17.8 Å². The summed E-state index contributed by atoms with van der Waals surface area (Å²) in [5.41, 5.74) is 1.16. The molecule has 2 heterocycles. The van der Waals surface area contributed by atoms with Gasteiger partial charge in [-0.3, -0.25) is 4.79 Å². The summed E-state index contributed by atoms with van der Waals surface area (Å²) < 4.78 is 0. The average Bonchev–Trinajstić information content (AvgIpc) is 3.12. The van der Waals surface area contributed by atoms with Gasteiger partial charge in [-0.25, -0.2) is 4.98 Å². The molecule has 2 N–H and O–H groups in total. The number of piperidine rings is 1. The second-order valence-electron chi connectivity index (χ2n) is 4.88. The summed E-state index contributed by atoms with van der Waals surface area (Å²) >= 11 is 1.55. The molecule has 92 valence electrons. The van der Waals surface area contributed by atoms with E-state index in [4.69, 9.17) is 0 Å². The topological polar surface area (TPSA) is 54.0 Å². The molecular weight excluding hydrogens is 234 g/mol. The van der Waals surface area contributed by atoms with Gasteiger partial charge < -0.3 is 10.6 Å². The van der Waals surface area contributed by atoms with Crippen molar-refractivity contribution in [2.45, 2.75) is 31.6 Å². The maximum absolute atomic E-state index is 12.0. The van der Waals surface area contributed by atoms with Crippen LogP contribution in [0.5, 0.6) is 0 Å². The molecule has 0 radical (unpaired) electrons. The molecule has 17 heavy (non-hydrogen) atoms. The number of thiazole rings is 1. The van der Waals surface area contributed by atoms with Crippen LogP contribution < -0.4 is 10.6 Å². The molecule has 0 spiro atoms. The van der Waals surface area contributed by atoms with E-state index in [2.05, 4.69) is 21.0 Å². The number of nitrogens with one attached hydrogen (secondary N) is 2. The first-order chi connectivity index (χ1) is 8.33. The van der Waals surface area contributed by atoms with E-state index in [1.165, 1.54) is 12.8 Å². The van der Waals surface area contributed by atoms with Crippen molar-refractivity contribution in [3.05, 3.63) is 11.1 Å². The summed E-state index contributed by atoms with van der Waals surface area (Å²) in [6.45, 7) is 1.83. The monoisotopic (exact) mass is 251 g/mol. The zero-order valence-corrected chi connectivity index (χ0v) is 10.6. The molecule has 0 aromatic carbocycles. The second-order valence-corrected chi connectivity index (χ2v) is 5.74. The fourth-order valence-electron chi connectivity index (χ4n) is 2.19. The lowest BCUT2D eigenvalue weighted by Gasteiger charge is -2.21. The minimum atomic E-state index is 0.108. The van der Waals surface area contributed by atoms with Gasteiger partial charge in [0.25, 0.3) is 0 Å². The fourth-order valence-corrected chi connectivity index (χ4v) is 2.99. The smallest absolute Gasteiger partial charge is 0.230 e. The molecule has 0 bridgehead atoms. The fraction of sp³-hybridized carbons (Fsp3) is 0.667. The molecule has 1 saturated carbocycles. The van der Waals surface area contributed by atoms with E-state index in [9.17, 15) is 4.79 Å². The predicted octanol–water partition coefficient (Wildman–Crippen LogP) is 1.96. The third-order valence-electron chi connectivity index (χ3n) is 3.42. The number of amides is 1. The van der Waals surface area contributed by atoms with Crippen molar-refractivity contribution in [3.63, 3.8) is 0 Å². The number of carbonyl (C=O) groups is 1. The molecule has 2 fully saturated rings. The Balaban J connectivity index is 1.58. The SMILES string of the molecule is O=C(Nc1nc(C2CC2)cs1)[C@H]1CCCNC1. The Bertz CT molecular complexity index is 408. The molecule has 1 atom stereocenters. The van der Waals surface area contributed by atoms with Crippen molar-refractivity contribution in [2.75, 3.05) is 18.4 Å². The Labute approximate surface area is 105 Å². The van der Waals surface area contributed by atoms with Crippen LogP contribution in [0.15, 0.2) is 5.38 Å². The van der Waals surface area contributed by atoms with Crippen LogP contribution in [0, 0.1) is 5.92 Å². The number of aromatic nitrogens is 1. The van der Waals surface area contributed by atoms with E-state index in [0.717, 1.165) is 36.8 Å². The maximum atomic E-state index is 12.0. The maximum Gasteiger partial charge on any atom is 0.230 e. The predicted molar refractivity (Wildman–Crippen MR) is 68.3 cm³/mol. The molecule has 1 amide bonds. The van der Waals surface area contributed by atoms with Crippen molar-refractivity contribution in [1.29, 1.82) is 0 Å². The Kier molecular flexibility index (Phi) is 3.11. The lowest BCUT2D eigenvalue weighted by atomic mass is 9.99. The van der Waals surface area contributed by atoms with Gasteiger partial charge >= 0.3 is 0 Å². The lowest BCUT2D eigenvalue weighted by molar-refractivity contribution is -0.120. The summed E-state index contributed by atoms with van der Waals surface area (Å²) in [7, 11) is 0. The van der Waals surface area contributed by atoms with Crippen LogP contribution in [0.25, 0.3) is 0 Å². The minimum absolute atomic E-state index is 0.108. The van der Waals surface area contributed by atoms with Crippen molar-refractivity contribution >= 4 is 22.4 Å². The third kappa shape index (κ3) is 2.66. The van der Waals surface area contributed by atoms with E-state index in [0.29, 0.717) is 5.92 Å². The molecule has 1 aliphatic heterocycles. The quantitative estimate of drug-likeness (QED) is 0.863. The van der Waals surface area contributed by atoms with E-state index in [1.54, 1.807) is 11.3 Å². The molecule has 5 heteroatoms. The highest BCUT2D eigenvalue weighted by Crippen LogP contribution is 2.40. The summed E-state index contributed by atoms with van der Waals surface area (Å²) in [5.74, 6) is 0.888. The highest BCUT2D eigenvalue weighted by molar-refractivity contribution is 7.13. The zero-order valence-electron chi connectivity index (χ0n) is 9.74. The van der Waals surface area contributed by atoms with Crippen LogP contribution in [0.3, 0.4) is 0 Å².